The molecule has 0 bridgehead atoms. The van der Waals surface area contributed by atoms with E-state index in [-0.39, 0.29) is 12.6 Å². The van der Waals surface area contributed by atoms with Gasteiger partial charge in [-0.15, -0.1) is 0 Å². The molecule has 1 unspecified atom stereocenters. The summed E-state index contributed by atoms with van der Waals surface area (Å²) in [5.74, 6) is -2.94. The maximum Gasteiger partial charge on any atom is 0.267 e. The zero-order chi connectivity index (χ0) is 15.7. The van der Waals surface area contributed by atoms with Crippen molar-refractivity contribution in [1.29, 1.82) is 0 Å². The normalized spacial score (nSPS) is 38.8. The van der Waals surface area contributed by atoms with Gasteiger partial charge in [-0.3, -0.25) is 4.55 Å². The third kappa shape index (κ3) is 4.35. The summed E-state index contributed by atoms with van der Waals surface area (Å²) in [6, 6.07) is 0.205. The molecule has 2 rings (SSSR count). The fourth-order valence-corrected chi connectivity index (χ4v) is 3.64. The number of hydrogen-bond donors (Lipinski definition) is 5. The highest BCUT2D eigenvalue weighted by atomic mass is 32.2. The van der Waals surface area contributed by atoms with Gasteiger partial charge in [0.1, 0.15) is 24.1 Å². The van der Waals surface area contributed by atoms with Crippen molar-refractivity contribution < 1.29 is 33.0 Å². The quantitative estimate of drug-likeness (QED) is 0.390. The minimum atomic E-state index is -4.38. The maximum atomic E-state index is 10.8. The average Bonchev–Trinajstić information content (AvgIpc) is 2.61. The van der Waals surface area contributed by atoms with Crippen molar-refractivity contribution >= 4 is 10.1 Å². The van der Waals surface area contributed by atoms with Gasteiger partial charge in [-0.2, -0.15) is 8.42 Å². The van der Waals surface area contributed by atoms with Crippen molar-refractivity contribution in [2.24, 2.45) is 0 Å². The smallest absolute Gasteiger partial charge is 0.267 e. The molecule has 124 valence electrons. The molecule has 2 fully saturated rings. The second-order valence-corrected chi connectivity index (χ2v) is 7.40. The molecule has 2 aliphatic rings. The van der Waals surface area contributed by atoms with Crippen LogP contribution >= 0.6 is 0 Å². The molecule has 0 amide bonds. The van der Waals surface area contributed by atoms with Crippen LogP contribution < -0.4 is 5.32 Å². The van der Waals surface area contributed by atoms with Gasteiger partial charge in [-0.25, -0.2) is 0 Å². The molecule has 1 saturated heterocycles. The van der Waals surface area contributed by atoms with E-state index in [4.69, 9.17) is 9.29 Å². The lowest BCUT2D eigenvalue weighted by Gasteiger charge is -2.30. The van der Waals surface area contributed by atoms with E-state index < -0.39 is 40.0 Å². The minimum absolute atomic E-state index is 0.113. The van der Waals surface area contributed by atoms with Crippen LogP contribution in [0, 0.1) is 0 Å². The van der Waals surface area contributed by atoms with Gasteiger partial charge in [0.15, 0.2) is 0 Å². The number of aliphatic hydroxyl groups is 3. The van der Waals surface area contributed by atoms with Crippen molar-refractivity contribution in [1.82, 2.24) is 5.32 Å². The van der Waals surface area contributed by atoms with Crippen molar-refractivity contribution in [2.45, 2.75) is 62.2 Å². The zero-order valence-electron chi connectivity index (χ0n) is 11.7. The Bertz CT molecular complexity index is 451. The molecule has 0 spiro atoms. The van der Waals surface area contributed by atoms with Crippen molar-refractivity contribution in [3.8, 4) is 0 Å². The van der Waals surface area contributed by atoms with E-state index in [1.165, 1.54) is 6.42 Å². The van der Waals surface area contributed by atoms with E-state index in [2.05, 4.69) is 5.32 Å². The molecule has 1 heterocycles. The molecule has 1 aliphatic carbocycles. The number of hydrogen-bond acceptors (Lipinski definition) is 7. The lowest BCUT2D eigenvalue weighted by Crippen LogP contribution is -2.52. The van der Waals surface area contributed by atoms with Crippen LogP contribution in [0.25, 0.3) is 0 Å². The number of nitrogens with one attached hydrogen (secondary N) is 1. The molecule has 5 N–H and O–H groups in total. The highest BCUT2D eigenvalue weighted by Gasteiger charge is 2.54. The number of aliphatic hydroxyl groups excluding tert-OH is 2. The van der Waals surface area contributed by atoms with E-state index >= 15 is 0 Å². The van der Waals surface area contributed by atoms with Gasteiger partial charge in [0.2, 0.25) is 5.79 Å². The first-order valence-electron chi connectivity index (χ1n) is 7.16. The molecule has 1 saturated carbocycles. The molecular formula is C12H23NO7S. The predicted octanol–water partition coefficient (Wildman–Crippen LogP) is -1.39. The Morgan fingerprint density at radius 3 is 2.38 bits per heavy atom. The van der Waals surface area contributed by atoms with Crippen LogP contribution in [0.15, 0.2) is 0 Å². The molecule has 1 aliphatic heterocycles. The van der Waals surface area contributed by atoms with Gasteiger partial charge in [-0.05, 0) is 12.8 Å². The highest BCUT2D eigenvalue weighted by Crippen LogP contribution is 2.30. The van der Waals surface area contributed by atoms with Crippen molar-refractivity contribution in [3.63, 3.8) is 0 Å². The Morgan fingerprint density at radius 1 is 1.19 bits per heavy atom. The molecule has 4 atom stereocenters. The first-order valence-corrected chi connectivity index (χ1v) is 8.77. The van der Waals surface area contributed by atoms with E-state index in [1.54, 1.807) is 0 Å². The minimum Gasteiger partial charge on any atom is -0.387 e. The Kier molecular flexibility index (Phi) is 5.24. The molecule has 9 heteroatoms. The summed E-state index contributed by atoms with van der Waals surface area (Å²) in [7, 11) is -4.38. The van der Waals surface area contributed by atoms with Crippen LogP contribution in [0.1, 0.15) is 32.1 Å². The molecule has 8 nitrogen and oxygen atoms in total. The van der Waals surface area contributed by atoms with Gasteiger partial charge in [0.25, 0.3) is 10.1 Å². The molecule has 0 aromatic carbocycles. The van der Waals surface area contributed by atoms with Gasteiger partial charge in [0.05, 0.1) is 6.54 Å². The number of rotatable bonds is 5. The lowest BCUT2D eigenvalue weighted by molar-refractivity contribution is -0.222. The summed E-state index contributed by atoms with van der Waals surface area (Å²) in [6.45, 7) is -0.113. The monoisotopic (exact) mass is 325 g/mol. The highest BCUT2D eigenvalue weighted by molar-refractivity contribution is 7.85. The van der Waals surface area contributed by atoms with Crippen LogP contribution in [0.4, 0.5) is 0 Å². The average molecular weight is 325 g/mol. The zero-order valence-corrected chi connectivity index (χ0v) is 12.5. The summed E-state index contributed by atoms with van der Waals surface area (Å²) in [4.78, 5) is 0. The van der Waals surface area contributed by atoms with Gasteiger partial charge in [0, 0.05) is 6.04 Å². The van der Waals surface area contributed by atoms with Crippen LogP contribution in [-0.2, 0) is 14.9 Å². The molecule has 0 aromatic rings. The third-order valence-corrected chi connectivity index (χ3v) is 4.90. The van der Waals surface area contributed by atoms with Crippen LogP contribution in [0.2, 0.25) is 0 Å². The third-order valence-electron chi connectivity index (χ3n) is 4.15. The SMILES string of the molecule is O=S(=O)(O)C[C@H]1OC(O)(CNC2CCCCC2)[C@@H](O)[C@H]1O. The maximum absolute atomic E-state index is 10.8. The Balaban J connectivity index is 1.94. The summed E-state index contributed by atoms with van der Waals surface area (Å²) in [5.41, 5.74) is 0. The predicted molar refractivity (Wildman–Crippen MR) is 73.1 cm³/mol. The van der Waals surface area contributed by atoms with Crippen LogP contribution in [-0.4, -0.2) is 70.7 Å². The molecule has 0 radical (unpaired) electrons. The second-order valence-electron chi connectivity index (χ2n) is 5.90. The fourth-order valence-electron chi connectivity index (χ4n) is 2.96. The number of ether oxygens (including phenoxy) is 1. The first-order chi connectivity index (χ1) is 9.71. The Morgan fingerprint density at radius 2 is 1.81 bits per heavy atom. The van der Waals surface area contributed by atoms with Gasteiger partial charge >= 0.3 is 0 Å². The summed E-state index contributed by atoms with van der Waals surface area (Å²) >= 11 is 0. The van der Waals surface area contributed by atoms with Gasteiger partial charge in [-0.1, -0.05) is 19.3 Å². The van der Waals surface area contributed by atoms with E-state index in [1.807, 2.05) is 0 Å². The Hall–Kier alpha value is -0.290. The summed E-state index contributed by atoms with van der Waals surface area (Å²) < 4.78 is 35.6. The van der Waals surface area contributed by atoms with E-state index in [9.17, 15) is 23.7 Å². The standard InChI is InChI=1S/C12H23NO7S/c14-10-9(6-21(17,18)19)20-12(16,11(10)15)7-13-8-4-2-1-3-5-8/h8-11,13-16H,1-7H2,(H,17,18,19)/t9-,10+,11+,12?/m1/s1. The molecule has 0 aromatic heterocycles. The second kappa shape index (κ2) is 6.45. The topological polar surface area (TPSA) is 136 Å². The fraction of sp³-hybridized carbons (Fsp3) is 1.00. The van der Waals surface area contributed by atoms with Gasteiger partial charge < -0.3 is 25.4 Å². The van der Waals surface area contributed by atoms with Crippen LogP contribution in [0.5, 0.6) is 0 Å². The largest absolute Gasteiger partial charge is 0.387 e. The molecule has 21 heavy (non-hydrogen) atoms. The summed E-state index contributed by atoms with van der Waals surface area (Å²) in [5, 5.41) is 33.0. The lowest BCUT2D eigenvalue weighted by atomic mass is 9.95. The van der Waals surface area contributed by atoms with E-state index in [0.717, 1.165) is 25.7 Å². The van der Waals surface area contributed by atoms with Crippen molar-refractivity contribution in [2.75, 3.05) is 12.3 Å². The first kappa shape index (κ1) is 17.1. The van der Waals surface area contributed by atoms with E-state index in [0.29, 0.717) is 0 Å². The van der Waals surface area contributed by atoms with Crippen LogP contribution in [0.3, 0.4) is 0 Å². The van der Waals surface area contributed by atoms with Crippen molar-refractivity contribution in [3.05, 3.63) is 0 Å². The Labute approximate surface area is 123 Å². The summed E-state index contributed by atoms with van der Waals surface area (Å²) in [6.07, 6.45) is 0.697. The molecular weight excluding hydrogens is 302 g/mol.